The van der Waals surface area contributed by atoms with E-state index in [1.165, 1.54) is 23.4 Å². The highest BCUT2D eigenvalue weighted by molar-refractivity contribution is 5.65. The Kier molecular flexibility index (Phi) is 6.53. The molecular weight excluding hydrogens is 431 g/mol. The van der Waals surface area contributed by atoms with E-state index in [9.17, 15) is 9.18 Å². The number of methoxy groups -OCH3 is 1. The van der Waals surface area contributed by atoms with Crippen molar-refractivity contribution in [3.63, 3.8) is 0 Å². The number of piperidine rings is 1. The third-order valence-corrected chi connectivity index (χ3v) is 5.39. The number of benzene rings is 1. The number of hydrogen-bond donors (Lipinski definition) is 1. The second kappa shape index (κ2) is 9.68. The lowest BCUT2D eigenvalue weighted by atomic mass is 10.1. The molecule has 0 saturated carbocycles. The molecule has 0 atom stereocenters. The van der Waals surface area contributed by atoms with E-state index in [1.54, 1.807) is 38.4 Å². The highest BCUT2D eigenvalue weighted by Gasteiger charge is 2.25. The van der Waals surface area contributed by atoms with Gasteiger partial charge in [-0.2, -0.15) is 0 Å². The number of carboxylic acid groups (broad SMARTS) is 1. The molecule has 1 fully saturated rings. The summed E-state index contributed by atoms with van der Waals surface area (Å²) in [6, 6.07) is 8.06. The minimum Gasteiger partial charge on any atom is -0.495 e. The lowest BCUT2D eigenvalue weighted by Crippen LogP contribution is -2.41. The zero-order chi connectivity index (χ0) is 23.4. The van der Waals surface area contributed by atoms with Crippen molar-refractivity contribution in [2.75, 3.05) is 20.2 Å². The van der Waals surface area contributed by atoms with E-state index in [0.717, 1.165) is 0 Å². The van der Waals surface area contributed by atoms with Gasteiger partial charge in [0.25, 0.3) is 0 Å². The fraction of sp³-hybridized carbons (Fsp3) is 0.304. The van der Waals surface area contributed by atoms with Crippen LogP contribution in [-0.2, 0) is 0 Å². The van der Waals surface area contributed by atoms with Crippen LogP contribution in [0.1, 0.15) is 18.4 Å². The number of amides is 1. The molecule has 1 aromatic carbocycles. The van der Waals surface area contributed by atoms with E-state index in [2.05, 4.69) is 15.0 Å². The molecule has 1 saturated heterocycles. The predicted octanol–water partition coefficient (Wildman–Crippen LogP) is 4.31. The summed E-state index contributed by atoms with van der Waals surface area (Å²) < 4.78 is 31.5. The fourth-order valence-corrected chi connectivity index (χ4v) is 3.48. The molecule has 1 N–H and O–H groups in total. The van der Waals surface area contributed by atoms with Gasteiger partial charge in [0.2, 0.25) is 11.8 Å². The van der Waals surface area contributed by atoms with Crippen molar-refractivity contribution in [3.05, 3.63) is 54.2 Å². The number of likely N-dealkylation sites (tertiary alicyclic amines) is 1. The van der Waals surface area contributed by atoms with Gasteiger partial charge < -0.3 is 24.2 Å². The second-order valence-electron chi connectivity index (χ2n) is 7.53. The van der Waals surface area contributed by atoms with Gasteiger partial charge in [0.15, 0.2) is 11.6 Å². The number of ether oxygens (including phenoxy) is 3. The Morgan fingerprint density at radius 2 is 1.88 bits per heavy atom. The summed E-state index contributed by atoms with van der Waals surface area (Å²) in [5.74, 6) is 0.565. The summed E-state index contributed by atoms with van der Waals surface area (Å²) in [4.78, 5) is 25.0. The van der Waals surface area contributed by atoms with Crippen molar-refractivity contribution in [1.82, 2.24) is 19.9 Å². The van der Waals surface area contributed by atoms with Gasteiger partial charge in [-0.25, -0.2) is 19.2 Å². The number of carbonyl (C=O) groups is 1. The van der Waals surface area contributed by atoms with E-state index in [4.69, 9.17) is 19.3 Å². The molecule has 9 nitrogen and oxygen atoms in total. The van der Waals surface area contributed by atoms with Crippen LogP contribution in [0.25, 0.3) is 11.3 Å². The molecule has 0 bridgehead atoms. The van der Waals surface area contributed by atoms with Crippen LogP contribution in [0.5, 0.6) is 23.3 Å². The largest absolute Gasteiger partial charge is 0.495 e. The Balaban J connectivity index is 1.46. The van der Waals surface area contributed by atoms with Crippen molar-refractivity contribution in [2.45, 2.75) is 25.9 Å². The van der Waals surface area contributed by atoms with Crippen molar-refractivity contribution >= 4 is 6.09 Å². The second-order valence-corrected chi connectivity index (χ2v) is 7.53. The lowest BCUT2D eigenvalue weighted by molar-refractivity contribution is 0.0864. The summed E-state index contributed by atoms with van der Waals surface area (Å²) >= 11 is 0. The summed E-state index contributed by atoms with van der Waals surface area (Å²) in [7, 11) is 1.55. The first-order chi connectivity index (χ1) is 15.9. The Morgan fingerprint density at radius 3 is 2.52 bits per heavy atom. The van der Waals surface area contributed by atoms with Gasteiger partial charge in [-0.05, 0) is 37.3 Å². The molecule has 2 aromatic heterocycles. The van der Waals surface area contributed by atoms with E-state index in [1.807, 2.05) is 0 Å². The van der Waals surface area contributed by atoms with E-state index >= 15 is 0 Å². The maximum Gasteiger partial charge on any atom is 0.407 e. The first-order valence-electron chi connectivity index (χ1n) is 10.4. The standard InChI is InChI=1S/C23H23FN4O5/c1-14-21(32-16-7-9-28(10-8-16)23(29)30)26-13-27-22(14)33-20-6-3-15(11-18(20)24)19-5-4-17(31-2)12-25-19/h3-6,11-13,16H,7-10H2,1-2H3,(H,29,30). The Hall–Kier alpha value is -3.95. The number of pyridine rings is 1. The molecular formula is C23H23FN4O5. The van der Waals surface area contributed by atoms with Gasteiger partial charge in [-0.1, -0.05) is 0 Å². The van der Waals surface area contributed by atoms with Gasteiger partial charge in [0, 0.05) is 31.5 Å². The molecule has 4 rings (SSSR count). The first kappa shape index (κ1) is 22.3. The van der Waals surface area contributed by atoms with Crippen LogP contribution in [0, 0.1) is 12.7 Å². The number of halogens is 1. The zero-order valence-corrected chi connectivity index (χ0v) is 18.2. The number of hydrogen-bond acceptors (Lipinski definition) is 7. The average molecular weight is 454 g/mol. The zero-order valence-electron chi connectivity index (χ0n) is 18.2. The maximum absolute atomic E-state index is 14.8. The lowest BCUT2D eigenvalue weighted by Gasteiger charge is -2.30. The van der Waals surface area contributed by atoms with Crippen LogP contribution < -0.4 is 14.2 Å². The molecule has 10 heteroatoms. The highest BCUT2D eigenvalue weighted by Crippen LogP contribution is 2.32. The Bertz CT molecular complexity index is 1130. The third kappa shape index (κ3) is 5.11. The molecule has 0 unspecified atom stereocenters. The van der Waals surface area contributed by atoms with Crippen molar-refractivity contribution in [2.24, 2.45) is 0 Å². The molecule has 1 amide bonds. The van der Waals surface area contributed by atoms with Gasteiger partial charge in [0.05, 0.1) is 24.6 Å². The highest BCUT2D eigenvalue weighted by atomic mass is 19.1. The molecule has 1 aliphatic heterocycles. The molecule has 1 aliphatic rings. The monoisotopic (exact) mass is 454 g/mol. The summed E-state index contributed by atoms with van der Waals surface area (Å²) in [6.45, 7) is 2.52. The summed E-state index contributed by atoms with van der Waals surface area (Å²) in [6.07, 6.45) is 2.86. The molecule has 0 radical (unpaired) electrons. The molecule has 33 heavy (non-hydrogen) atoms. The molecule has 0 spiro atoms. The average Bonchev–Trinajstić information content (AvgIpc) is 2.83. The quantitative estimate of drug-likeness (QED) is 0.587. The van der Waals surface area contributed by atoms with Crippen LogP contribution in [0.4, 0.5) is 9.18 Å². The van der Waals surface area contributed by atoms with E-state index in [-0.39, 0.29) is 17.7 Å². The SMILES string of the molecule is COc1ccc(-c2ccc(Oc3ncnc(OC4CCN(C(=O)O)CC4)c3C)c(F)c2)nc1. The smallest absolute Gasteiger partial charge is 0.407 e. The predicted molar refractivity (Wildman–Crippen MR) is 116 cm³/mol. The minimum atomic E-state index is -0.932. The summed E-state index contributed by atoms with van der Waals surface area (Å²) in [5.41, 5.74) is 1.72. The fourth-order valence-electron chi connectivity index (χ4n) is 3.48. The van der Waals surface area contributed by atoms with E-state index in [0.29, 0.717) is 54.4 Å². The van der Waals surface area contributed by atoms with Gasteiger partial charge in [-0.3, -0.25) is 4.98 Å². The van der Waals surface area contributed by atoms with Crippen molar-refractivity contribution in [3.8, 4) is 34.5 Å². The Labute approximate surface area is 189 Å². The molecule has 3 aromatic rings. The number of nitrogens with zero attached hydrogens (tertiary/aromatic N) is 4. The van der Waals surface area contributed by atoms with Crippen LogP contribution >= 0.6 is 0 Å². The van der Waals surface area contributed by atoms with Gasteiger partial charge in [-0.15, -0.1) is 0 Å². The normalized spacial score (nSPS) is 14.1. The third-order valence-electron chi connectivity index (χ3n) is 5.39. The Morgan fingerprint density at radius 1 is 1.12 bits per heavy atom. The van der Waals surface area contributed by atoms with Crippen molar-refractivity contribution in [1.29, 1.82) is 0 Å². The van der Waals surface area contributed by atoms with Crippen LogP contribution in [0.15, 0.2) is 42.9 Å². The molecule has 0 aliphatic carbocycles. The number of rotatable bonds is 6. The maximum atomic E-state index is 14.8. The van der Waals surface area contributed by atoms with Gasteiger partial charge >= 0.3 is 6.09 Å². The molecule has 3 heterocycles. The van der Waals surface area contributed by atoms with E-state index < -0.39 is 11.9 Å². The topological polar surface area (TPSA) is 107 Å². The number of aromatic nitrogens is 3. The van der Waals surface area contributed by atoms with Crippen LogP contribution in [-0.4, -0.2) is 57.4 Å². The van der Waals surface area contributed by atoms with Crippen LogP contribution in [0.3, 0.4) is 0 Å². The van der Waals surface area contributed by atoms with Crippen molar-refractivity contribution < 1.29 is 28.5 Å². The summed E-state index contributed by atoms with van der Waals surface area (Å²) in [5, 5.41) is 9.07. The van der Waals surface area contributed by atoms with Crippen LogP contribution in [0.2, 0.25) is 0 Å². The minimum absolute atomic E-state index is 0.00905. The first-order valence-corrected chi connectivity index (χ1v) is 10.4. The van der Waals surface area contributed by atoms with Gasteiger partial charge in [0.1, 0.15) is 18.2 Å². The molecule has 172 valence electrons.